The van der Waals surface area contributed by atoms with E-state index in [2.05, 4.69) is 22.5 Å². The molecule has 1 aliphatic heterocycles. The number of nitrogens with zero attached hydrogens (tertiary/aromatic N) is 1. The van der Waals surface area contributed by atoms with E-state index < -0.39 is 0 Å². The second-order valence-electron chi connectivity index (χ2n) is 5.43. The molecule has 2 rings (SSSR count). The van der Waals surface area contributed by atoms with Crippen molar-refractivity contribution in [2.75, 3.05) is 29.9 Å². The van der Waals surface area contributed by atoms with E-state index in [1.54, 1.807) is 0 Å². The highest BCUT2D eigenvalue weighted by molar-refractivity contribution is 5.89. The summed E-state index contributed by atoms with van der Waals surface area (Å²) in [6.07, 6.45) is 0.262. The molecule has 1 aromatic carbocycles. The Morgan fingerprint density at radius 2 is 2.05 bits per heavy atom. The third-order valence-electron chi connectivity index (χ3n) is 3.15. The van der Waals surface area contributed by atoms with Crippen molar-refractivity contribution in [1.82, 2.24) is 5.32 Å². The van der Waals surface area contributed by atoms with Gasteiger partial charge in [-0.3, -0.25) is 0 Å². The molecule has 1 unspecified atom stereocenters. The lowest BCUT2D eigenvalue weighted by molar-refractivity contribution is 0.0532. The molecule has 0 radical (unpaired) electrons. The molecule has 1 aliphatic rings. The van der Waals surface area contributed by atoms with E-state index in [-0.39, 0.29) is 18.2 Å². The van der Waals surface area contributed by atoms with Gasteiger partial charge in [-0.25, -0.2) is 4.79 Å². The van der Waals surface area contributed by atoms with Crippen LogP contribution in [0.15, 0.2) is 24.3 Å². The zero-order valence-electron chi connectivity index (χ0n) is 12.3. The third kappa shape index (κ3) is 4.13. The number of carbonyl (C=O) groups is 1. The first-order valence-electron chi connectivity index (χ1n) is 7.08. The number of urea groups is 1. The van der Waals surface area contributed by atoms with Crippen LogP contribution in [0.2, 0.25) is 0 Å². The van der Waals surface area contributed by atoms with Crippen molar-refractivity contribution in [2.45, 2.75) is 32.9 Å². The first-order chi connectivity index (χ1) is 9.54. The van der Waals surface area contributed by atoms with Crippen LogP contribution in [-0.2, 0) is 4.74 Å². The summed E-state index contributed by atoms with van der Waals surface area (Å²) in [6.45, 7) is 8.52. The second kappa shape index (κ2) is 6.61. The topological polar surface area (TPSA) is 53.6 Å². The van der Waals surface area contributed by atoms with Crippen LogP contribution in [0.4, 0.5) is 16.2 Å². The number of nitrogens with one attached hydrogen (secondary N) is 2. The van der Waals surface area contributed by atoms with E-state index in [4.69, 9.17) is 4.74 Å². The fraction of sp³-hybridized carbons (Fsp3) is 0.533. The highest BCUT2D eigenvalue weighted by Crippen LogP contribution is 2.20. The van der Waals surface area contributed by atoms with Gasteiger partial charge in [0.2, 0.25) is 0 Å². The zero-order chi connectivity index (χ0) is 14.5. The molecule has 1 heterocycles. The van der Waals surface area contributed by atoms with Gasteiger partial charge >= 0.3 is 6.03 Å². The molecule has 1 fully saturated rings. The van der Waals surface area contributed by atoms with Gasteiger partial charge in [-0.2, -0.15) is 0 Å². The second-order valence-corrected chi connectivity index (χ2v) is 5.43. The SMILES string of the molecule is CC(C)NC(=O)Nc1ccc(N2CCOC(C)C2)cc1. The number of hydrogen-bond donors (Lipinski definition) is 2. The van der Waals surface area contributed by atoms with E-state index in [0.717, 1.165) is 31.1 Å². The summed E-state index contributed by atoms with van der Waals surface area (Å²) in [5.74, 6) is 0. The summed E-state index contributed by atoms with van der Waals surface area (Å²) < 4.78 is 5.54. The van der Waals surface area contributed by atoms with Crippen LogP contribution in [0.25, 0.3) is 0 Å². The first-order valence-corrected chi connectivity index (χ1v) is 7.08. The number of ether oxygens (including phenoxy) is 1. The average Bonchev–Trinajstić information content (AvgIpc) is 2.38. The van der Waals surface area contributed by atoms with E-state index in [9.17, 15) is 4.79 Å². The van der Waals surface area contributed by atoms with Crippen molar-refractivity contribution in [3.63, 3.8) is 0 Å². The summed E-state index contributed by atoms with van der Waals surface area (Å²) in [4.78, 5) is 13.9. The molecule has 0 bridgehead atoms. The normalized spacial score (nSPS) is 19.0. The number of benzene rings is 1. The lowest BCUT2D eigenvalue weighted by Crippen LogP contribution is -2.41. The number of carbonyl (C=O) groups excluding carboxylic acids is 1. The lowest BCUT2D eigenvalue weighted by Gasteiger charge is -2.33. The van der Waals surface area contributed by atoms with Crippen LogP contribution in [-0.4, -0.2) is 37.9 Å². The van der Waals surface area contributed by atoms with Crippen LogP contribution in [0.1, 0.15) is 20.8 Å². The Kier molecular flexibility index (Phi) is 4.84. The van der Waals surface area contributed by atoms with Crippen molar-refractivity contribution >= 4 is 17.4 Å². The van der Waals surface area contributed by atoms with Gasteiger partial charge in [-0.15, -0.1) is 0 Å². The Bertz CT molecular complexity index is 445. The summed E-state index contributed by atoms with van der Waals surface area (Å²) in [7, 11) is 0. The van der Waals surface area contributed by atoms with Crippen LogP contribution >= 0.6 is 0 Å². The summed E-state index contributed by atoms with van der Waals surface area (Å²) >= 11 is 0. The number of rotatable bonds is 3. The summed E-state index contributed by atoms with van der Waals surface area (Å²) in [6, 6.07) is 7.87. The Labute approximate surface area is 120 Å². The smallest absolute Gasteiger partial charge is 0.319 e. The number of morpholine rings is 1. The van der Waals surface area contributed by atoms with Gasteiger partial charge in [0.25, 0.3) is 0 Å². The molecular weight excluding hydrogens is 254 g/mol. The van der Waals surface area contributed by atoms with Gasteiger partial charge in [0, 0.05) is 30.5 Å². The minimum Gasteiger partial charge on any atom is -0.375 e. The fourth-order valence-corrected chi connectivity index (χ4v) is 2.24. The van der Waals surface area contributed by atoms with Crippen LogP contribution in [0, 0.1) is 0 Å². The van der Waals surface area contributed by atoms with Crippen LogP contribution in [0.3, 0.4) is 0 Å². The first kappa shape index (κ1) is 14.7. The molecule has 0 spiro atoms. The number of anilines is 2. The molecule has 0 aromatic heterocycles. The van der Waals surface area contributed by atoms with E-state index >= 15 is 0 Å². The van der Waals surface area contributed by atoms with Crippen molar-refractivity contribution in [1.29, 1.82) is 0 Å². The van der Waals surface area contributed by atoms with Gasteiger partial charge < -0.3 is 20.3 Å². The van der Waals surface area contributed by atoms with E-state index in [1.807, 2.05) is 38.1 Å². The van der Waals surface area contributed by atoms with Crippen LogP contribution < -0.4 is 15.5 Å². The standard InChI is InChI=1S/C15H23N3O2/c1-11(2)16-15(19)17-13-4-6-14(7-5-13)18-8-9-20-12(3)10-18/h4-7,11-12H,8-10H2,1-3H3,(H2,16,17,19). The Hall–Kier alpha value is -1.75. The quantitative estimate of drug-likeness (QED) is 0.892. The maximum atomic E-state index is 11.6. The Balaban J connectivity index is 1.94. The fourth-order valence-electron chi connectivity index (χ4n) is 2.24. The van der Waals surface area contributed by atoms with Gasteiger partial charge in [0.1, 0.15) is 0 Å². The summed E-state index contributed by atoms with van der Waals surface area (Å²) in [5, 5.41) is 5.62. The number of hydrogen-bond acceptors (Lipinski definition) is 3. The Morgan fingerprint density at radius 1 is 1.35 bits per heavy atom. The van der Waals surface area contributed by atoms with Gasteiger partial charge in [-0.1, -0.05) is 0 Å². The molecular formula is C15H23N3O2. The molecule has 1 aromatic rings. The van der Waals surface area contributed by atoms with Gasteiger partial charge in [0.15, 0.2) is 0 Å². The highest BCUT2D eigenvalue weighted by atomic mass is 16.5. The Morgan fingerprint density at radius 3 is 2.65 bits per heavy atom. The monoisotopic (exact) mass is 277 g/mol. The number of amides is 2. The molecule has 1 saturated heterocycles. The van der Waals surface area contributed by atoms with Crippen molar-refractivity contribution in [3.05, 3.63) is 24.3 Å². The minimum atomic E-state index is -0.173. The van der Waals surface area contributed by atoms with Crippen molar-refractivity contribution in [3.8, 4) is 0 Å². The van der Waals surface area contributed by atoms with Gasteiger partial charge in [0.05, 0.1) is 12.7 Å². The highest BCUT2D eigenvalue weighted by Gasteiger charge is 2.16. The maximum absolute atomic E-state index is 11.6. The molecule has 20 heavy (non-hydrogen) atoms. The molecule has 1 atom stereocenters. The lowest BCUT2D eigenvalue weighted by atomic mass is 10.2. The maximum Gasteiger partial charge on any atom is 0.319 e. The molecule has 0 saturated carbocycles. The van der Waals surface area contributed by atoms with Crippen molar-refractivity contribution in [2.24, 2.45) is 0 Å². The molecule has 2 amide bonds. The predicted octanol–water partition coefficient (Wildman–Crippen LogP) is 2.44. The van der Waals surface area contributed by atoms with Crippen molar-refractivity contribution < 1.29 is 9.53 Å². The molecule has 5 nitrogen and oxygen atoms in total. The largest absolute Gasteiger partial charge is 0.375 e. The molecule has 110 valence electrons. The summed E-state index contributed by atoms with van der Waals surface area (Å²) in [5.41, 5.74) is 1.96. The molecule has 2 N–H and O–H groups in total. The van der Waals surface area contributed by atoms with E-state index in [1.165, 1.54) is 0 Å². The van der Waals surface area contributed by atoms with Gasteiger partial charge in [-0.05, 0) is 45.0 Å². The van der Waals surface area contributed by atoms with E-state index in [0.29, 0.717) is 0 Å². The zero-order valence-corrected chi connectivity index (χ0v) is 12.3. The molecule has 5 heteroatoms. The average molecular weight is 277 g/mol. The molecule has 0 aliphatic carbocycles. The predicted molar refractivity (Wildman–Crippen MR) is 81.4 cm³/mol. The van der Waals surface area contributed by atoms with Crippen LogP contribution in [0.5, 0.6) is 0 Å². The third-order valence-corrected chi connectivity index (χ3v) is 3.15. The minimum absolute atomic E-state index is 0.129.